The lowest BCUT2D eigenvalue weighted by atomic mass is 10.0. The van der Waals surface area contributed by atoms with Gasteiger partial charge in [-0.25, -0.2) is 9.78 Å². The molecule has 4 rings (SSSR count). The Kier molecular flexibility index (Phi) is 7.10. The van der Waals surface area contributed by atoms with Crippen molar-refractivity contribution in [3.05, 3.63) is 86.8 Å². The maximum absolute atomic E-state index is 12.1. The molecule has 180 valence electrons. The van der Waals surface area contributed by atoms with Crippen molar-refractivity contribution in [3.63, 3.8) is 0 Å². The van der Waals surface area contributed by atoms with Crippen molar-refractivity contribution in [2.75, 3.05) is 22.5 Å². The van der Waals surface area contributed by atoms with Crippen LogP contribution < -0.4 is 26.8 Å². The molecule has 8 heteroatoms. The third-order valence-corrected chi connectivity index (χ3v) is 6.18. The number of anilines is 4. The number of aliphatic carboxylic acids is 1. The van der Waals surface area contributed by atoms with Gasteiger partial charge < -0.3 is 21.1 Å². The second-order valence-electron chi connectivity index (χ2n) is 8.74. The van der Waals surface area contributed by atoms with Gasteiger partial charge in [0.2, 0.25) is 0 Å². The number of carboxylic acids is 1. The van der Waals surface area contributed by atoms with Crippen molar-refractivity contribution in [2.24, 2.45) is 5.92 Å². The van der Waals surface area contributed by atoms with Crippen LogP contribution in [0.2, 0.25) is 0 Å². The van der Waals surface area contributed by atoms with Crippen molar-refractivity contribution < 1.29 is 9.90 Å². The molecule has 0 spiro atoms. The van der Waals surface area contributed by atoms with Crippen LogP contribution in [-0.2, 0) is 11.2 Å². The van der Waals surface area contributed by atoms with Crippen molar-refractivity contribution in [2.45, 2.75) is 32.7 Å². The van der Waals surface area contributed by atoms with E-state index in [9.17, 15) is 19.5 Å². The van der Waals surface area contributed by atoms with Gasteiger partial charge in [0.15, 0.2) is 0 Å². The predicted octanol–water partition coefficient (Wildman–Crippen LogP) is 4.14. The molecule has 0 amide bonds. The van der Waals surface area contributed by atoms with Crippen LogP contribution in [0.4, 0.5) is 22.9 Å². The summed E-state index contributed by atoms with van der Waals surface area (Å²) in [5, 5.41) is 20.9. The Bertz CT molecular complexity index is 1400. The van der Waals surface area contributed by atoms with E-state index in [1.165, 1.54) is 0 Å². The molecule has 0 saturated carbocycles. The first-order chi connectivity index (χ1) is 16.9. The Hall–Kier alpha value is -4.20. The van der Waals surface area contributed by atoms with E-state index in [4.69, 9.17) is 0 Å². The minimum Gasteiger partial charge on any atom is -0.480 e. The molecule has 0 bridgehead atoms. The molecule has 0 aliphatic rings. The standard InChI is InChI=1S/C27H28N4O4/c1-3-16(2)15-29-22-23(25(33)24(22)32)31-21(27(34)35)14-17-8-10-19(11-9-17)30-26-20-7-5-4-6-18(20)12-13-28-26/h4-13,16,21,29,31H,3,14-15H2,1-2H3,(H,28,30)(H,34,35)/t16-,21-/m0/s1. The topological polar surface area (TPSA) is 120 Å². The molecule has 4 aromatic rings. The number of hydrogen-bond donors (Lipinski definition) is 4. The average Bonchev–Trinajstić information content (AvgIpc) is 2.88. The molecule has 2 atom stereocenters. The highest BCUT2D eigenvalue weighted by molar-refractivity contribution is 5.93. The molecule has 4 N–H and O–H groups in total. The maximum atomic E-state index is 12.1. The molecule has 3 aromatic carbocycles. The van der Waals surface area contributed by atoms with Crippen LogP contribution >= 0.6 is 0 Å². The Morgan fingerprint density at radius 1 is 1.00 bits per heavy atom. The van der Waals surface area contributed by atoms with Crippen molar-refractivity contribution in [1.82, 2.24) is 4.98 Å². The fraction of sp³-hybridized carbons (Fsp3) is 0.259. The zero-order valence-corrected chi connectivity index (χ0v) is 19.7. The largest absolute Gasteiger partial charge is 0.480 e. The summed E-state index contributed by atoms with van der Waals surface area (Å²) in [5.74, 6) is -0.0507. The molecule has 1 aromatic heterocycles. The van der Waals surface area contributed by atoms with Gasteiger partial charge in [-0.1, -0.05) is 56.7 Å². The third-order valence-electron chi connectivity index (χ3n) is 6.18. The molecule has 0 fully saturated rings. The molecule has 0 saturated heterocycles. The van der Waals surface area contributed by atoms with E-state index >= 15 is 0 Å². The highest BCUT2D eigenvalue weighted by Gasteiger charge is 2.26. The van der Waals surface area contributed by atoms with Crippen LogP contribution in [0.5, 0.6) is 0 Å². The number of pyridine rings is 1. The second-order valence-corrected chi connectivity index (χ2v) is 8.74. The van der Waals surface area contributed by atoms with Crippen LogP contribution in [0.25, 0.3) is 10.8 Å². The summed E-state index contributed by atoms with van der Waals surface area (Å²) in [5.41, 5.74) is 0.503. The Balaban J connectivity index is 1.45. The van der Waals surface area contributed by atoms with Gasteiger partial charge in [0, 0.05) is 30.2 Å². The number of carbonyl (C=O) groups is 1. The SMILES string of the molecule is CC[C@H](C)CNc1c(N[C@@H](Cc2ccc(Nc3nccc4ccccc34)cc2)C(=O)O)c(=O)c1=O. The van der Waals surface area contributed by atoms with Gasteiger partial charge in [-0.15, -0.1) is 0 Å². The van der Waals surface area contributed by atoms with Gasteiger partial charge in [0.1, 0.15) is 23.2 Å². The molecule has 0 aliphatic heterocycles. The van der Waals surface area contributed by atoms with E-state index in [2.05, 4.69) is 20.9 Å². The van der Waals surface area contributed by atoms with Crippen LogP contribution in [0.1, 0.15) is 25.8 Å². The minimum atomic E-state index is -1.10. The Labute approximate surface area is 202 Å². The van der Waals surface area contributed by atoms with Gasteiger partial charge in [0.05, 0.1) is 0 Å². The van der Waals surface area contributed by atoms with Crippen LogP contribution in [0, 0.1) is 5.92 Å². The zero-order valence-electron chi connectivity index (χ0n) is 19.7. The number of rotatable bonds is 11. The molecule has 8 nitrogen and oxygen atoms in total. The average molecular weight is 473 g/mol. The predicted molar refractivity (Wildman–Crippen MR) is 140 cm³/mol. The van der Waals surface area contributed by atoms with Gasteiger partial charge >= 0.3 is 5.97 Å². The van der Waals surface area contributed by atoms with E-state index in [0.717, 1.165) is 34.3 Å². The lowest BCUT2D eigenvalue weighted by Gasteiger charge is -2.21. The summed E-state index contributed by atoms with van der Waals surface area (Å²) in [6.07, 6.45) is 2.81. The minimum absolute atomic E-state index is 0.0472. The first-order valence-corrected chi connectivity index (χ1v) is 11.6. The Morgan fingerprint density at radius 2 is 1.71 bits per heavy atom. The van der Waals surface area contributed by atoms with Crippen LogP contribution in [-0.4, -0.2) is 28.6 Å². The lowest BCUT2D eigenvalue weighted by Crippen LogP contribution is -2.42. The summed E-state index contributed by atoms with van der Waals surface area (Å²) >= 11 is 0. The number of hydrogen-bond acceptors (Lipinski definition) is 7. The van der Waals surface area contributed by atoms with Crippen LogP contribution in [0.3, 0.4) is 0 Å². The normalized spacial score (nSPS) is 12.9. The van der Waals surface area contributed by atoms with E-state index < -0.39 is 22.9 Å². The van der Waals surface area contributed by atoms with Crippen molar-refractivity contribution in [1.29, 1.82) is 0 Å². The van der Waals surface area contributed by atoms with Gasteiger partial charge in [-0.05, 0) is 35.1 Å². The summed E-state index contributed by atoms with van der Waals surface area (Å²) in [6.45, 7) is 4.60. The van der Waals surface area contributed by atoms with Gasteiger partial charge in [0.25, 0.3) is 10.9 Å². The number of carboxylic acid groups (broad SMARTS) is 1. The second kappa shape index (κ2) is 10.4. The fourth-order valence-corrected chi connectivity index (χ4v) is 3.81. The molecule has 0 radical (unpaired) electrons. The molecule has 0 unspecified atom stereocenters. The van der Waals surface area contributed by atoms with Gasteiger partial charge in [-0.2, -0.15) is 0 Å². The zero-order chi connectivity index (χ0) is 24.9. The first-order valence-electron chi connectivity index (χ1n) is 11.6. The Morgan fingerprint density at radius 3 is 2.43 bits per heavy atom. The van der Waals surface area contributed by atoms with E-state index in [1.807, 2.05) is 68.4 Å². The molecular weight excluding hydrogens is 444 g/mol. The van der Waals surface area contributed by atoms with E-state index in [0.29, 0.717) is 12.5 Å². The molecule has 0 aliphatic carbocycles. The molecular formula is C27H28N4O4. The monoisotopic (exact) mass is 472 g/mol. The van der Waals surface area contributed by atoms with E-state index in [1.54, 1.807) is 6.20 Å². The smallest absolute Gasteiger partial charge is 0.326 e. The number of benzene rings is 2. The van der Waals surface area contributed by atoms with Crippen molar-refractivity contribution in [3.8, 4) is 0 Å². The quantitative estimate of drug-likeness (QED) is 0.240. The third kappa shape index (κ3) is 5.32. The maximum Gasteiger partial charge on any atom is 0.326 e. The lowest BCUT2D eigenvalue weighted by molar-refractivity contribution is -0.137. The fourth-order valence-electron chi connectivity index (χ4n) is 3.81. The number of nitrogens with one attached hydrogen (secondary N) is 3. The summed E-state index contributed by atoms with van der Waals surface area (Å²) in [6, 6.07) is 16.2. The number of nitrogens with zero attached hydrogens (tertiary/aromatic N) is 1. The highest BCUT2D eigenvalue weighted by Crippen LogP contribution is 2.25. The number of fused-ring (bicyclic) bond motifs is 1. The first kappa shape index (κ1) is 23.9. The van der Waals surface area contributed by atoms with Crippen molar-refractivity contribution >= 4 is 39.6 Å². The molecule has 35 heavy (non-hydrogen) atoms. The molecule has 1 heterocycles. The van der Waals surface area contributed by atoms with Gasteiger partial charge in [-0.3, -0.25) is 9.59 Å². The summed E-state index contributed by atoms with van der Waals surface area (Å²) in [4.78, 5) is 40.4. The van der Waals surface area contributed by atoms with E-state index in [-0.39, 0.29) is 17.8 Å². The number of aromatic nitrogens is 1. The highest BCUT2D eigenvalue weighted by atomic mass is 16.4. The van der Waals surface area contributed by atoms with Crippen LogP contribution in [0.15, 0.2) is 70.4 Å². The summed E-state index contributed by atoms with van der Waals surface area (Å²) < 4.78 is 0. The summed E-state index contributed by atoms with van der Waals surface area (Å²) in [7, 11) is 0.